The number of rotatable bonds is 7. The highest BCUT2D eigenvalue weighted by atomic mass is 16.5. The molecule has 0 saturated heterocycles. The Kier molecular flexibility index (Phi) is 5.87. The summed E-state index contributed by atoms with van der Waals surface area (Å²) in [6, 6.07) is 22.4. The number of amides is 1. The minimum absolute atomic E-state index is 0.0792. The number of hydrogen-bond donors (Lipinski definition) is 1. The fourth-order valence-electron chi connectivity index (χ4n) is 4.16. The van der Waals surface area contributed by atoms with E-state index in [1.165, 1.54) is 6.08 Å². The van der Waals surface area contributed by atoms with E-state index in [-0.39, 0.29) is 5.91 Å². The van der Waals surface area contributed by atoms with E-state index in [0.29, 0.717) is 42.8 Å². The number of para-hydroxylation sites is 2. The Labute approximate surface area is 196 Å². The molecule has 5 rings (SSSR count). The van der Waals surface area contributed by atoms with E-state index in [1.807, 2.05) is 48.5 Å². The second-order valence-electron chi connectivity index (χ2n) is 8.12. The summed E-state index contributed by atoms with van der Waals surface area (Å²) in [5, 5.41) is 4.88. The molecule has 1 heterocycles. The maximum atomic E-state index is 12.7. The van der Waals surface area contributed by atoms with Gasteiger partial charge >= 0.3 is 0 Å². The van der Waals surface area contributed by atoms with Crippen LogP contribution >= 0.6 is 0 Å². The number of Topliss-reactive ketones (excluding diaryl/α,β-unsaturated/α-hetero) is 1. The van der Waals surface area contributed by atoms with Gasteiger partial charge in [-0.3, -0.25) is 14.4 Å². The molecule has 0 saturated carbocycles. The second-order valence-corrected chi connectivity index (χ2v) is 8.12. The summed E-state index contributed by atoms with van der Waals surface area (Å²) in [7, 11) is 0. The van der Waals surface area contributed by atoms with Crippen molar-refractivity contribution in [3.63, 3.8) is 0 Å². The lowest BCUT2D eigenvalue weighted by Gasteiger charge is -2.17. The van der Waals surface area contributed by atoms with Crippen LogP contribution in [0.3, 0.4) is 0 Å². The number of carbonyl (C=O) groups excluding carboxylic acids is 3. The van der Waals surface area contributed by atoms with E-state index in [0.717, 1.165) is 27.5 Å². The van der Waals surface area contributed by atoms with Crippen LogP contribution in [0.15, 0.2) is 78.9 Å². The molecule has 6 heteroatoms. The molecular weight excluding hydrogens is 428 g/mol. The number of pyridine rings is 1. The van der Waals surface area contributed by atoms with Crippen LogP contribution < -0.4 is 5.32 Å². The van der Waals surface area contributed by atoms with Gasteiger partial charge in [-0.05, 0) is 25.0 Å². The predicted molar refractivity (Wildman–Crippen MR) is 131 cm³/mol. The number of hydrogen-bond acceptors (Lipinski definition) is 5. The van der Waals surface area contributed by atoms with E-state index in [9.17, 15) is 14.4 Å². The first kappa shape index (κ1) is 21.5. The minimum atomic E-state index is -0.579. The highest BCUT2D eigenvalue weighted by molar-refractivity contribution is 6.50. The van der Waals surface area contributed by atoms with Crippen molar-refractivity contribution in [1.82, 2.24) is 4.98 Å². The van der Waals surface area contributed by atoms with Gasteiger partial charge in [-0.25, -0.2) is 4.98 Å². The summed E-state index contributed by atoms with van der Waals surface area (Å²) in [6.07, 6.45) is 2.83. The van der Waals surface area contributed by atoms with Gasteiger partial charge < -0.3 is 10.1 Å². The monoisotopic (exact) mass is 450 g/mol. The summed E-state index contributed by atoms with van der Waals surface area (Å²) in [4.78, 5) is 41.4. The summed E-state index contributed by atoms with van der Waals surface area (Å²) in [5.74, 6) is -0.774. The van der Waals surface area contributed by atoms with E-state index < -0.39 is 11.6 Å². The minimum Gasteiger partial charge on any atom is -0.493 e. The molecule has 0 atom stereocenters. The Balaban J connectivity index is 1.20. The van der Waals surface area contributed by atoms with Crippen LogP contribution in [-0.2, 0) is 14.3 Å². The highest BCUT2D eigenvalue weighted by Crippen LogP contribution is 2.31. The molecule has 6 nitrogen and oxygen atoms in total. The van der Waals surface area contributed by atoms with Crippen molar-refractivity contribution in [3.05, 3.63) is 90.0 Å². The number of nitrogens with one attached hydrogen (secondary N) is 1. The fraction of sp³-hybridized carbons (Fsp3) is 0.143. The van der Waals surface area contributed by atoms with E-state index in [2.05, 4.69) is 10.3 Å². The third-order valence-electron chi connectivity index (χ3n) is 5.83. The lowest BCUT2D eigenvalue weighted by Crippen LogP contribution is -2.19. The first-order valence-electron chi connectivity index (χ1n) is 11.2. The number of nitrogens with zero attached hydrogens (tertiary/aromatic N) is 1. The topological polar surface area (TPSA) is 85.4 Å². The van der Waals surface area contributed by atoms with Crippen LogP contribution in [0.2, 0.25) is 0 Å². The summed E-state index contributed by atoms with van der Waals surface area (Å²) >= 11 is 0. The molecule has 1 amide bonds. The zero-order chi connectivity index (χ0) is 23.5. The number of aromatic nitrogens is 1. The molecule has 0 aliphatic heterocycles. The summed E-state index contributed by atoms with van der Waals surface area (Å²) < 4.78 is 5.79. The van der Waals surface area contributed by atoms with Crippen LogP contribution in [0.5, 0.6) is 0 Å². The lowest BCUT2D eigenvalue weighted by molar-refractivity contribution is -0.116. The fourth-order valence-corrected chi connectivity index (χ4v) is 4.16. The first-order chi connectivity index (χ1) is 16.6. The Morgan fingerprint density at radius 3 is 2.12 bits per heavy atom. The molecule has 0 fully saturated rings. The van der Waals surface area contributed by atoms with Crippen LogP contribution in [0.1, 0.15) is 35.2 Å². The Hall–Kier alpha value is -4.32. The standard InChI is InChI=1S/C28H22N2O4/c31-24-17-25(18-9-1-2-10-19(18)28(24)33)34-16-8-7-15-26(32)30-27-20-11-3-5-13-22(20)29-23-14-6-4-12-21(23)27/h1-6,9-14,17H,7-8,15-16H2,(H,29,30,32). The molecule has 4 aromatic rings. The summed E-state index contributed by atoms with van der Waals surface area (Å²) in [5.41, 5.74) is 3.43. The molecule has 34 heavy (non-hydrogen) atoms. The van der Waals surface area contributed by atoms with Crippen LogP contribution in [-0.4, -0.2) is 29.1 Å². The van der Waals surface area contributed by atoms with Crippen molar-refractivity contribution in [1.29, 1.82) is 0 Å². The zero-order valence-electron chi connectivity index (χ0n) is 18.4. The van der Waals surface area contributed by atoms with Gasteiger partial charge in [-0.15, -0.1) is 0 Å². The number of unbranched alkanes of at least 4 members (excludes halogenated alkanes) is 1. The molecule has 1 N–H and O–H groups in total. The number of ketones is 2. The van der Waals surface area contributed by atoms with Gasteiger partial charge in [0.1, 0.15) is 5.76 Å². The lowest BCUT2D eigenvalue weighted by atomic mass is 9.94. The van der Waals surface area contributed by atoms with Crippen molar-refractivity contribution >= 4 is 50.7 Å². The number of carbonyl (C=O) groups is 3. The second kappa shape index (κ2) is 9.27. The van der Waals surface area contributed by atoms with Crippen molar-refractivity contribution in [2.45, 2.75) is 19.3 Å². The average molecular weight is 450 g/mol. The van der Waals surface area contributed by atoms with Crippen molar-refractivity contribution in [2.24, 2.45) is 0 Å². The largest absolute Gasteiger partial charge is 0.493 e. The van der Waals surface area contributed by atoms with Gasteiger partial charge in [0.2, 0.25) is 17.5 Å². The summed E-state index contributed by atoms with van der Waals surface area (Å²) in [6.45, 7) is 0.343. The normalized spacial score (nSPS) is 13.0. The number of fused-ring (bicyclic) bond motifs is 3. The molecule has 0 radical (unpaired) electrons. The number of ether oxygens (including phenoxy) is 1. The maximum Gasteiger partial charge on any atom is 0.233 e. The third-order valence-corrected chi connectivity index (χ3v) is 5.83. The smallest absolute Gasteiger partial charge is 0.233 e. The molecule has 1 aliphatic carbocycles. The molecule has 3 aromatic carbocycles. The van der Waals surface area contributed by atoms with Gasteiger partial charge in [-0.2, -0.15) is 0 Å². The van der Waals surface area contributed by atoms with E-state index >= 15 is 0 Å². The van der Waals surface area contributed by atoms with Crippen LogP contribution in [0.4, 0.5) is 5.69 Å². The molecule has 1 aromatic heterocycles. The van der Waals surface area contributed by atoms with Crippen LogP contribution in [0, 0.1) is 0 Å². The Morgan fingerprint density at radius 2 is 1.41 bits per heavy atom. The van der Waals surface area contributed by atoms with E-state index in [4.69, 9.17) is 4.74 Å². The highest BCUT2D eigenvalue weighted by Gasteiger charge is 2.26. The third kappa shape index (κ3) is 4.18. The molecule has 1 aliphatic rings. The molecule has 168 valence electrons. The van der Waals surface area contributed by atoms with Gasteiger partial charge in [0.05, 0.1) is 23.3 Å². The number of anilines is 1. The number of benzene rings is 3. The zero-order valence-corrected chi connectivity index (χ0v) is 18.4. The van der Waals surface area contributed by atoms with Gasteiger partial charge in [0.15, 0.2) is 0 Å². The quantitative estimate of drug-likeness (QED) is 0.234. The molecular formula is C28H22N2O4. The predicted octanol–water partition coefficient (Wildman–Crippen LogP) is 5.32. The molecule has 0 bridgehead atoms. The van der Waals surface area contributed by atoms with Gasteiger partial charge in [-0.1, -0.05) is 60.7 Å². The Bertz CT molecular complexity index is 1420. The first-order valence-corrected chi connectivity index (χ1v) is 11.2. The van der Waals surface area contributed by atoms with Crippen molar-refractivity contribution in [3.8, 4) is 0 Å². The SMILES string of the molecule is O=C(CCCCOC1=CC(=O)C(=O)c2ccccc21)Nc1c2ccccc2nc2ccccc12. The van der Waals surface area contributed by atoms with Crippen LogP contribution in [0.25, 0.3) is 27.6 Å². The Morgan fingerprint density at radius 1 is 0.794 bits per heavy atom. The van der Waals surface area contributed by atoms with Crippen molar-refractivity contribution in [2.75, 3.05) is 11.9 Å². The maximum absolute atomic E-state index is 12.7. The van der Waals surface area contributed by atoms with Crippen molar-refractivity contribution < 1.29 is 19.1 Å². The van der Waals surface area contributed by atoms with E-state index in [1.54, 1.807) is 24.3 Å². The van der Waals surface area contributed by atoms with Gasteiger partial charge in [0, 0.05) is 34.4 Å². The van der Waals surface area contributed by atoms with Gasteiger partial charge in [0.25, 0.3) is 0 Å². The average Bonchev–Trinajstić information content (AvgIpc) is 2.86. The molecule has 0 spiro atoms. The number of allylic oxidation sites excluding steroid dienone is 1. The molecule has 0 unspecified atom stereocenters.